The first-order valence-electron chi connectivity index (χ1n) is 15.5. The lowest BCUT2D eigenvalue weighted by Crippen LogP contribution is -2.25. The number of pyridine rings is 1. The van der Waals surface area contributed by atoms with Crippen molar-refractivity contribution < 1.29 is 19.1 Å². The van der Waals surface area contributed by atoms with Crippen molar-refractivity contribution in [1.82, 2.24) is 14.8 Å². The van der Waals surface area contributed by atoms with E-state index in [4.69, 9.17) is 14.6 Å². The summed E-state index contributed by atoms with van der Waals surface area (Å²) >= 11 is 0. The summed E-state index contributed by atoms with van der Waals surface area (Å²) in [5.41, 5.74) is 3.63. The summed E-state index contributed by atoms with van der Waals surface area (Å²) < 4.78 is 12.9. The molecule has 3 N–H and O–H groups in total. The molecule has 10 nitrogen and oxygen atoms in total. The average molecular weight is 619 g/mol. The Balaban J connectivity index is 1.24. The highest BCUT2D eigenvalue weighted by atomic mass is 16.5. The van der Waals surface area contributed by atoms with Crippen molar-refractivity contribution >= 4 is 40.0 Å². The molecular formula is C36H38N6O4. The van der Waals surface area contributed by atoms with Gasteiger partial charge >= 0.3 is 6.03 Å². The van der Waals surface area contributed by atoms with E-state index < -0.39 is 0 Å². The number of nitrogens with zero attached hydrogens (tertiary/aromatic N) is 3. The molecular weight excluding hydrogens is 580 g/mol. The molecule has 10 heteroatoms. The molecule has 0 atom stereocenters. The maximum Gasteiger partial charge on any atom is 0.324 e. The number of aryl methyl sites for hydroxylation is 1. The molecule has 3 amide bonds. The highest BCUT2D eigenvalue weighted by Crippen LogP contribution is 2.40. The highest BCUT2D eigenvalue weighted by molar-refractivity contribution is 6.07. The molecule has 3 aromatic carbocycles. The summed E-state index contributed by atoms with van der Waals surface area (Å²) in [4.78, 5) is 29.6. The summed E-state index contributed by atoms with van der Waals surface area (Å²) in [5.74, 6) is 1.73. The number of nitrogens with one attached hydrogen (secondary N) is 3. The van der Waals surface area contributed by atoms with Crippen molar-refractivity contribution in [2.75, 3.05) is 29.7 Å². The predicted octanol–water partition coefficient (Wildman–Crippen LogP) is 7.97. The van der Waals surface area contributed by atoms with E-state index in [2.05, 4.69) is 27.9 Å². The van der Waals surface area contributed by atoms with Crippen LogP contribution in [0.25, 0.3) is 16.5 Å². The standard InChI is InChI=1S/C36H38N6O4/c1-24-11-13-25(14-12-24)42-33(22-31(41-42)36(2)18-7-4-8-19-36)40-35(44)38-29-15-16-30(28-10-6-5-9-27(28)29)46-26-17-20-37-32(21-26)39-34(43)23-45-3/h5-6,9-17,20-22H,4,7-8,18-19,23H2,1-3H3,(H,37,39,43)(H2,38,40,44). The molecule has 0 saturated heterocycles. The van der Waals surface area contributed by atoms with E-state index in [1.54, 1.807) is 24.4 Å². The number of rotatable bonds is 9. The van der Waals surface area contributed by atoms with Gasteiger partial charge in [0, 0.05) is 41.6 Å². The molecule has 1 aliphatic carbocycles. The Morgan fingerprint density at radius 2 is 1.65 bits per heavy atom. The van der Waals surface area contributed by atoms with Crippen LogP contribution in [0.5, 0.6) is 11.5 Å². The zero-order valence-electron chi connectivity index (χ0n) is 26.3. The van der Waals surface area contributed by atoms with Crippen LogP contribution < -0.4 is 20.7 Å². The Morgan fingerprint density at radius 1 is 0.891 bits per heavy atom. The normalized spacial score (nSPS) is 14.1. The SMILES string of the molecule is COCC(=O)Nc1cc(Oc2ccc(NC(=O)Nc3cc(C4(C)CCCCC4)nn3-c3ccc(C)cc3)c3ccccc23)ccn1. The number of hydrogen-bond donors (Lipinski definition) is 3. The molecule has 1 fully saturated rings. The van der Waals surface area contributed by atoms with Crippen LogP contribution >= 0.6 is 0 Å². The Morgan fingerprint density at radius 3 is 2.41 bits per heavy atom. The highest BCUT2D eigenvalue weighted by Gasteiger charge is 2.32. The van der Waals surface area contributed by atoms with Gasteiger partial charge in [-0.3, -0.25) is 10.1 Å². The van der Waals surface area contributed by atoms with Gasteiger partial charge in [0.1, 0.15) is 29.7 Å². The smallest absolute Gasteiger partial charge is 0.324 e. The number of urea groups is 1. The van der Waals surface area contributed by atoms with Crippen LogP contribution in [-0.4, -0.2) is 40.4 Å². The lowest BCUT2D eigenvalue weighted by Gasteiger charge is -2.31. The largest absolute Gasteiger partial charge is 0.457 e. The topological polar surface area (TPSA) is 119 Å². The van der Waals surface area contributed by atoms with Crippen molar-refractivity contribution in [3.05, 3.63) is 96.3 Å². The number of benzene rings is 3. The lowest BCUT2D eigenvalue weighted by atomic mass is 9.73. The van der Waals surface area contributed by atoms with Crippen LogP contribution in [0.2, 0.25) is 0 Å². The van der Waals surface area contributed by atoms with Crippen molar-refractivity contribution in [3.8, 4) is 17.2 Å². The van der Waals surface area contributed by atoms with Gasteiger partial charge in [0.15, 0.2) is 0 Å². The van der Waals surface area contributed by atoms with Gasteiger partial charge in [-0.05, 0) is 50.1 Å². The molecule has 0 aliphatic heterocycles. The van der Waals surface area contributed by atoms with E-state index in [1.165, 1.54) is 26.4 Å². The first-order valence-corrected chi connectivity index (χ1v) is 15.5. The number of carbonyl (C=O) groups excluding carboxylic acids is 2. The number of carbonyl (C=O) groups is 2. The maximum absolute atomic E-state index is 13.5. The quantitative estimate of drug-likeness (QED) is 0.154. The number of methoxy groups -OCH3 is 1. The van der Waals surface area contributed by atoms with Gasteiger partial charge in [-0.2, -0.15) is 5.10 Å². The summed E-state index contributed by atoms with van der Waals surface area (Å²) in [6.45, 7) is 4.25. The van der Waals surface area contributed by atoms with Gasteiger partial charge in [0.2, 0.25) is 0 Å². The Bertz CT molecular complexity index is 1860. The molecule has 1 aliphatic rings. The first kappa shape index (κ1) is 30.8. The minimum absolute atomic E-state index is 0.0295. The minimum atomic E-state index is -0.377. The van der Waals surface area contributed by atoms with Gasteiger partial charge in [0.05, 0.1) is 17.1 Å². The first-order chi connectivity index (χ1) is 22.3. The molecule has 0 bridgehead atoms. The van der Waals surface area contributed by atoms with Crippen LogP contribution in [0.3, 0.4) is 0 Å². The fourth-order valence-corrected chi connectivity index (χ4v) is 5.96. The number of hydrogen-bond acceptors (Lipinski definition) is 6. The minimum Gasteiger partial charge on any atom is -0.457 e. The molecule has 5 aromatic rings. The molecule has 2 aromatic heterocycles. The number of amides is 3. The van der Waals surface area contributed by atoms with Crippen LogP contribution in [0.1, 0.15) is 50.3 Å². The van der Waals surface area contributed by atoms with Crippen molar-refractivity contribution in [2.24, 2.45) is 0 Å². The Labute approximate surface area is 268 Å². The van der Waals surface area contributed by atoms with E-state index in [1.807, 2.05) is 72.3 Å². The van der Waals surface area contributed by atoms with Gasteiger partial charge in [0.25, 0.3) is 5.91 Å². The zero-order chi connectivity index (χ0) is 32.1. The number of fused-ring (bicyclic) bond motifs is 1. The van der Waals surface area contributed by atoms with Gasteiger partial charge in [-0.1, -0.05) is 68.1 Å². The van der Waals surface area contributed by atoms with Crippen LogP contribution in [0, 0.1) is 6.92 Å². The molecule has 236 valence electrons. The zero-order valence-corrected chi connectivity index (χ0v) is 26.3. The molecule has 0 spiro atoms. The summed E-state index contributed by atoms with van der Waals surface area (Å²) in [5, 5.41) is 15.4. The third kappa shape index (κ3) is 6.87. The average Bonchev–Trinajstić information content (AvgIpc) is 3.48. The third-order valence-electron chi connectivity index (χ3n) is 8.44. The monoisotopic (exact) mass is 618 g/mol. The number of ether oxygens (including phenoxy) is 2. The van der Waals surface area contributed by atoms with Crippen molar-refractivity contribution in [2.45, 2.75) is 51.4 Å². The third-order valence-corrected chi connectivity index (χ3v) is 8.44. The van der Waals surface area contributed by atoms with E-state index in [-0.39, 0.29) is 24.0 Å². The second-order valence-corrected chi connectivity index (χ2v) is 12.0. The molecule has 0 unspecified atom stereocenters. The van der Waals surface area contributed by atoms with Gasteiger partial charge in [-0.25, -0.2) is 14.5 Å². The van der Waals surface area contributed by atoms with E-state index in [0.717, 1.165) is 40.6 Å². The number of aromatic nitrogens is 3. The maximum atomic E-state index is 13.5. The second-order valence-electron chi connectivity index (χ2n) is 12.0. The fourth-order valence-electron chi connectivity index (χ4n) is 5.96. The molecule has 6 rings (SSSR count). The van der Waals surface area contributed by atoms with Crippen LogP contribution in [0.4, 0.5) is 22.1 Å². The molecule has 0 radical (unpaired) electrons. The second kappa shape index (κ2) is 13.4. The fraction of sp³-hybridized carbons (Fsp3) is 0.278. The molecule has 1 saturated carbocycles. The van der Waals surface area contributed by atoms with Crippen molar-refractivity contribution in [1.29, 1.82) is 0 Å². The lowest BCUT2D eigenvalue weighted by molar-refractivity contribution is -0.119. The van der Waals surface area contributed by atoms with Crippen molar-refractivity contribution in [3.63, 3.8) is 0 Å². The summed E-state index contributed by atoms with van der Waals surface area (Å²) in [7, 11) is 1.45. The molecule has 46 heavy (non-hydrogen) atoms. The van der Waals surface area contributed by atoms with E-state index in [9.17, 15) is 9.59 Å². The van der Waals surface area contributed by atoms with Crippen LogP contribution in [-0.2, 0) is 14.9 Å². The summed E-state index contributed by atoms with van der Waals surface area (Å²) in [6.07, 6.45) is 7.31. The van der Waals surface area contributed by atoms with Gasteiger partial charge in [-0.15, -0.1) is 0 Å². The predicted molar refractivity (Wildman–Crippen MR) is 180 cm³/mol. The van der Waals surface area contributed by atoms with E-state index in [0.29, 0.717) is 28.8 Å². The Kier molecular flexibility index (Phi) is 8.98. The number of anilines is 3. The van der Waals surface area contributed by atoms with Gasteiger partial charge < -0.3 is 20.1 Å². The van der Waals surface area contributed by atoms with Crippen LogP contribution in [0.15, 0.2) is 85.1 Å². The molecule has 2 heterocycles. The van der Waals surface area contributed by atoms with E-state index >= 15 is 0 Å². The Hall–Kier alpha value is -5.22. The summed E-state index contributed by atoms with van der Waals surface area (Å²) in [6, 6.07) is 24.4.